The molecule has 3 amide bonds. The van der Waals surface area contributed by atoms with Gasteiger partial charge in [-0.25, -0.2) is 4.79 Å². The van der Waals surface area contributed by atoms with Crippen LogP contribution >= 0.6 is 35.3 Å². The maximum Gasteiger partial charge on any atom is 0.324 e. The summed E-state index contributed by atoms with van der Waals surface area (Å²) >= 11 is 7.28. The van der Waals surface area contributed by atoms with Crippen LogP contribution in [-0.4, -0.2) is 29.9 Å². The van der Waals surface area contributed by atoms with Crippen LogP contribution in [0, 0.1) is 0 Å². The van der Waals surface area contributed by atoms with Crippen molar-refractivity contribution < 1.29 is 9.59 Å². The van der Waals surface area contributed by atoms with Crippen molar-refractivity contribution in [2.45, 2.75) is 26.3 Å². The van der Waals surface area contributed by atoms with Crippen molar-refractivity contribution in [2.75, 3.05) is 23.7 Å². The zero-order chi connectivity index (χ0) is 18.7. The van der Waals surface area contributed by atoms with E-state index in [-0.39, 0.29) is 12.4 Å². The number of thiophene rings is 1. The van der Waals surface area contributed by atoms with Gasteiger partial charge in [0.2, 0.25) is 0 Å². The van der Waals surface area contributed by atoms with Gasteiger partial charge < -0.3 is 11.1 Å². The molecule has 1 aromatic carbocycles. The summed E-state index contributed by atoms with van der Waals surface area (Å²) in [7, 11) is 0. The molecular formula is C18H22Cl2N4O2S. The number of hydrogen-bond acceptors (Lipinski definition) is 4. The first-order valence-electron chi connectivity index (χ1n) is 8.48. The number of nitrogens with two attached hydrogens (primary N) is 1. The lowest BCUT2D eigenvalue weighted by atomic mass is 10.1. The van der Waals surface area contributed by atoms with Gasteiger partial charge in [-0.2, -0.15) is 0 Å². The number of primary amides is 1. The van der Waals surface area contributed by atoms with Gasteiger partial charge >= 0.3 is 6.03 Å². The van der Waals surface area contributed by atoms with E-state index in [2.05, 4.69) is 22.5 Å². The molecule has 146 valence electrons. The van der Waals surface area contributed by atoms with Crippen LogP contribution in [0.3, 0.4) is 0 Å². The molecule has 27 heavy (non-hydrogen) atoms. The number of halogens is 2. The standard InChI is InChI=1S/C18H21ClN4O2S.ClH/c1-2-23-9-3-4-13-14(10-23)26-17(15(13)16(20)24)22-18(25)21-12-7-5-11(19)6-8-12;/h5-8H,2-4,9-10H2,1H3,(H2,20,24)(H2,21,22,25);1H. The fourth-order valence-corrected chi connectivity index (χ4v) is 4.50. The van der Waals surface area contributed by atoms with E-state index in [1.54, 1.807) is 24.3 Å². The summed E-state index contributed by atoms with van der Waals surface area (Å²) in [6.07, 6.45) is 1.76. The molecule has 0 unspecified atom stereocenters. The Labute approximate surface area is 173 Å². The van der Waals surface area contributed by atoms with Gasteiger partial charge in [-0.1, -0.05) is 18.5 Å². The van der Waals surface area contributed by atoms with Gasteiger partial charge in [0.25, 0.3) is 5.91 Å². The Balaban J connectivity index is 0.00000261. The van der Waals surface area contributed by atoms with Gasteiger partial charge in [0.05, 0.1) is 5.56 Å². The van der Waals surface area contributed by atoms with Gasteiger partial charge in [0, 0.05) is 22.1 Å². The van der Waals surface area contributed by atoms with Crippen molar-refractivity contribution >= 4 is 58.0 Å². The van der Waals surface area contributed by atoms with Crippen LogP contribution in [0.2, 0.25) is 5.02 Å². The maximum atomic E-state index is 12.3. The highest BCUT2D eigenvalue weighted by molar-refractivity contribution is 7.17. The largest absolute Gasteiger partial charge is 0.365 e. The van der Waals surface area contributed by atoms with Crippen LogP contribution in [0.5, 0.6) is 0 Å². The highest BCUT2D eigenvalue weighted by Gasteiger charge is 2.26. The highest BCUT2D eigenvalue weighted by Crippen LogP contribution is 2.36. The average molecular weight is 429 g/mol. The predicted octanol–water partition coefficient (Wildman–Crippen LogP) is 4.33. The Bertz CT molecular complexity index is 824. The summed E-state index contributed by atoms with van der Waals surface area (Å²) in [5, 5.41) is 6.61. The van der Waals surface area contributed by atoms with Crippen molar-refractivity contribution in [3.8, 4) is 0 Å². The third kappa shape index (κ3) is 5.13. The SMILES string of the molecule is CCN1CCCc2c(sc(NC(=O)Nc3ccc(Cl)cc3)c2C(N)=O)C1.Cl. The number of nitrogens with one attached hydrogen (secondary N) is 2. The van der Waals surface area contributed by atoms with Gasteiger partial charge in [-0.3, -0.25) is 15.0 Å². The molecule has 1 aliphatic rings. The molecule has 0 saturated heterocycles. The molecule has 1 aromatic heterocycles. The zero-order valence-electron chi connectivity index (χ0n) is 14.9. The first-order chi connectivity index (χ1) is 12.5. The second kappa shape index (κ2) is 9.41. The number of carbonyl (C=O) groups is 2. The molecule has 9 heteroatoms. The molecule has 3 rings (SSSR count). The molecule has 6 nitrogen and oxygen atoms in total. The number of fused-ring (bicyclic) bond motifs is 1. The molecule has 0 bridgehead atoms. The average Bonchev–Trinajstić information content (AvgIpc) is 2.80. The number of rotatable bonds is 4. The third-order valence-corrected chi connectivity index (χ3v) is 5.77. The smallest absolute Gasteiger partial charge is 0.324 e. The minimum absolute atomic E-state index is 0. The van der Waals surface area contributed by atoms with E-state index in [4.69, 9.17) is 17.3 Å². The molecule has 0 aliphatic carbocycles. The quantitative estimate of drug-likeness (QED) is 0.676. The Morgan fingerprint density at radius 3 is 2.59 bits per heavy atom. The van der Waals surface area contributed by atoms with Crippen LogP contribution in [-0.2, 0) is 13.0 Å². The van der Waals surface area contributed by atoms with Gasteiger partial charge in [0.1, 0.15) is 5.00 Å². The summed E-state index contributed by atoms with van der Waals surface area (Å²) in [5.41, 5.74) is 7.64. The number of anilines is 2. The summed E-state index contributed by atoms with van der Waals surface area (Å²) in [6, 6.07) is 6.38. The summed E-state index contributed by atoms with van der Waals surface area (Å²) in [4.78, 5) is 27.8. The molecule has 4 N–H and O–H groups in total. The number of carbonyl (C=O) groups excluding carboxylic acids is 2. The molecular weight excluding hydrogens is 407 g/mol. The number of nitrogens with zero attached hydrogens (tertiary/aromatic N) is 1. The molecule has 0 radical (unpaired) electrons. The molecule has 2 aromatic rings. The Morgan fingerprint density at radius 1 is 1.26 bits per heavy atom. The lowest BCUT2D eigenvalue weighted by Gasteiger charge is -2.16. The predicted molar refractivity (Wildman–Crippen MR) is 113 cm³/mol. The maximum absolute atomic E-state index is 12.3. The van der Waals surface area contributed by atoms with E-state index in [0.717, 1.165) is 42.9 Å². The Morgan fingerprint density at radius 2 is 1.96 bits per heavy atom. The first-order valence-corrected chi connectivity index (χ1v) is 9.67. The normalized spacial score (nSPS) is 13.9. The number of hydrogen-bond donors (Lipinski definition) is 3. The van der Waals surface area contributed by atoms with Crippen LogP contribution in [0.4, 0.5) is 15.5 Å². The monoisotopic (exact) mass is 428 g/mol. The minimum atomic E-state index is -0.505. The van der Waals surface area contributed by atoms with Gasteiger partial charge in [0.15, 0.2) is 0 Å². The van der Waals surface area contributed by atoms with Crippen molar-refractivity contribution in [2.24, 2.45) is 5.73 Å². The molecule has 0 atom stereocenters. The zero-order valence-corrected chi connectivity index (χ0v) is 17.3. The Kier molecular flexibility index (Phi) is 7.49. The second-order valence-corrected chi connectivity index (χ2v) is 7.67. The van der Waals surface area contributed by atoms with Gasteiger partial charge in [-0.05, 0) is 55.8 Å². The lowest BCUT2D eigenvalue weighted by Crippen LogP contribution is -2.22. The fraction of sp³-hybridized carbons (Fsp3) is 0.333. The fourth-order valence-electron chi connectivity index (χ4n) is 3.08. The molecule has 0 saturated carbocycles. The highest BCUT2D eigenvalue weighted by atomic mass is 35.5. The molecule has 1 aliphatic heterocycles. The van der Waals surface area contributed by atoms with Crippen LogP contribution in [0.15, 0.2) is 24.3 Å². The number of benzene rings is 1. The number of amides is 3. The van der Waals surface area contributed by atoms with Crippen molar-refractivity contribution in [3.05, 3.63) is 45.3 Å². The number of urea groups is 1. The van der Waals surface area contributed by atoms with Crippen molar-refractivity contribution in [3.63, 3.8) is 0 Å². The molecule has 0 fully saturated rings. The van der Waals surface area contributed by atoms with E-state index in [1.165, 1.54) is 11.3 Å². The van der Waals surface area contributed by atoms with Crippen molar-refractivity contribution in [1.29, 1.82) is 0 Å². The van der Waals surface area contributed by atoms with E-state index < -0.39 is 11.9 Å². The van der Waals surface area contributed by atoms with E-state index in [9.17, 15) is 9.59 Å². The second-order valence-electron chi connectivity index (χ2n) is 6.13. The summed E-state index contributed by atoms with van der Waals surface area (Å²) < 4.78 is 0. The lowest BCUT2D eigenvalue weighted by molar-refractivity contribution is 0.100. The van der Waals surface area contributed by atoms with Crippen LogP contribution < -0.4 is 16.4 Å². The topological polar surface area (TPSA) is 87.5 Å². The first kappa shape index (κ1) is 21.5. The molecule has 0 spiro atoms. The van der Waals surface area contributed by atoms with E-state index >= 15 is 0 Å². The minimum Gasteiger partial charge on any atom is -0.365 e. The van der Waals surface area contributed by atoms with Crippen molar-refractivity contribution in [1.82, 2.24) is 4.90 Å². The van der Waals surface area contributed by atoms with Gasteiger partial charge in [-0.15, -0.1) is 23.7 Å². The summed E-state index contributed by atoms with van der Waals surface area (Å²) in [5.74, 6) is -0.505. The third-order valence-electron chi connectivity index (χ3n) is 4.38. The van der Waals surface area contributed by atoms with E-state index in [0.29, 0.717) is 21.3 Å². The van der Waals surface area contributed by atoms with E-state index in [1.807, 2.05) is 0 Å². The Hall–Kier alpha value is -1.80. The molecule has 2 heterocycles. The summed E-state index contributed by atoms with van der Waals surface area (Å²) in [6.45, 7) is 4.84. The van der Waals surface area contributed by atoms with Crippen LogP contribution in [0.25, 0.3) is 0 Å². The van der Waals surface area contributed by atoms with Crippen LogP contribution in [0.1, 0.15) is 34.1 Å².